The van der Waals surface area contributed by atoms with Crippen LogP contribution in [0, 0.1) is 11.3 Å². The molecule has 3 aromatic heterocycles. The number of aromatic nitrogens is 5. The summed E-state index contributed by atoms with van der Waals surface area (Å²) in [5.74, 6) is 0.326. The SMILES string of the molecule is N#Cc1cnn(-c2ccc3ccccc3n2)c1NC(=O)CCc1nc2ccccc2[nH]c1=O. The molecule has 1 amide bonds. The van der Waals surface area contributed by atoms with Gasteiger partial charge in [-0.15, -0.1) is 0 Å². The number of hydrogen-bond acceptors (Lipinski definition) is 6. The fourth-order valence-electron chi connectivity index (χ4n) is 3.56. The number of pyridine rings is 1. The van der Waals surface area contributed by atoms with Crippen LogP contribution in [0.3, 0.4) is 0 Å². The molecule has 0 radical (unpaired) electrons. The summed E-state index contributed by atoms with van der Waals surface area (Å²) in [6.45, 7) is 0. The van der Waals surface area contributed by atoms with Crippen molar-refractivity contribution < 1.29 is 4.79 Å². The Kier molecular flexibility index (Phi) is 5.09. The molecule has 0 spiro atoms. The summed E-state index contributed by atoms with van der Waals surface area (Å²) >= 11 is 0. The van der Waals surface area contributed by atoms with Crippen LogP contribution in [-0.4, -0.2) is 30.6 Å². The number of H-pyrrole nitrogens is 1. The Bertz CT molecular complexity index is 1610. The zero-order valence-electron chi connectivity index (χ0n) is 17.3. The van der Waals surface area contributed by atoms with E-state index in [9.17, 15) is 14.9 Å². The van der Waals surface area contributed by atoms with Crippen LogP contribution in [0.2, 0.25) is 0 Å². The first kappa shape index (κ1) is 20.1. The summed E-state index contributed by atoms with van der Waals surface area (Å²) < 4.78 is 1.42. The lowest BCUT2D eigenvalue weighted by atomic mass is 10.2. The van der Waals surface area contributed by atoms with E-state index in [-0.39, 0.29) is 41.4 Å². The molecule has 2 aromatic carbocycles. The van der Waals surface area contributed by atoms with Gasteiger partial charge in [-0.25, -0.2) is 9.97 Å². The number of nitriles is 1. The van der Waals surface area contributed by atoms with Gasteiger partial charge in [0.25, 0.3) is 5.56 Å². The molecule has 0 bridgehead atoms. The number of nitrogens with zero attached hydrogens (tertiary/aromatic N) is 5. The van der Waals surface area contributed by atoms with E-state index in [4.69, 9.17) is 0 Å². The van der Waals surface area contributed by atoms with E-state index in [0.29, 0.717) is 16.9 Å². The molecule has 0 saturated carbocycles. The predicted molar refractivity (Wildman–Crippen MR) is 123 cm³/mol. The summed E-state index contributed by atoms with van der Waals surface area (Å²) in [5.41, 5.74) is 2.21. The molecule has 3 heterocycles. The number of aryl methyl sites for hydroxylation is 1. The number of amides is 1. The van der Waals surface area contributed by atoms with E-state index in [0.717, 1.165) is 10.9 Å². The summed E-state index contributed by atoms with van der Waals surface area (Å²) in [4.78, 5) is 36.7. The fraction of sp³-hybridized carbons (Fsp3) is 0.0833. The van der Waals surface area contributed by atoms with Gasteiger partial charge in [0.15, 0.2) is 11.6 Å². The fourth-order valence-corrected chi connectivity index (χ4v) is 3.56. The van der Waals surface area contributed by atoms with Crippen LogP contribution in [0.1, 0.15) is 17.7 Å². The zero-order chi connectivity index (χ0) is 22.8. The van der Waals surface area contributed by atoms with Crippen LogP contribution >= 0.6 is 0 Å². The molecule has 0 fully saturated rings. The van der Waals surface area contributed by atoms with Gasteiger partial charge in [0.1, 0.15) is 17.3 Å². The van der Waals surface area contributed by atoms with Gasteiger partial charge in [-0.2, -0.15) is 15.0 Å². The molecule has 0 aliphatic carbocycles. The number of aromatic amines is 1. The topological polar surface area (TPSA) is 129 Å². The number of carbonyl (C=O) groups is 1. The minimum absolute atomic E-state index is 0.00954. The lowest BCUT2D eigenvalue weighted by molar-refractivity contribution is -0.116. The third-order valence-corrected chi connectivity index (χ3v) is 5.21. The molecule has 5 aromatic rings. The van der Waals surface area contributed by atoms with E-state index >= 15 is 0 Å². The number of nitrogens with one attached hydrogen (secondary N) is 2. The highest BCUT2D eigenvalue weighted by molar-refractivity contribution is 5.91. The van der Waals surface area contributed by atoms with Crippen molar-refractivity contribution in [2.75, 3.05) is 5.32 Å². The first-order chi connectivity index (χ1) is 16.1. The Morgan fingerprint density at radius 1 is 1.03 bits per heavy atom. The highest BCUT2D eigenvalue weighted by Crippen LogP contribution is 2.21. The summed E-state index contributed by atoms with van der Waals surface area (Å²) in [6.07, 6.45) is 1.54. The molecule has 9 nitrogen and oxygen atoms in total. The Labute approximate surface area is 187 Å². The molecule has 0 unspecified atom stereocenters. The molecule has 9 heteroatoms. The average Bonchev–Trinajstić information content (AvgIpc) is 3.24. The van der Waals surface area contributed by atoms with Crippen molar-refractivity contribution in [1.29, 1.82) is 5.26 Å². The van der Waals surface area contributed by atoms with Crippen molar-refractivity contribution in [2.24, 2.45) is 0 Å². The largest absolute Gasteiger partial charge is 0.319 e. The molecular formula is C24H17N7O2. The van der Waals surface area contributed by atoms with E-state index in [1.807, 2.05) is 48.5 Å². The Morgan fingerprint density at radius 2 is 1.82 bits per heavy atom. The molecular weight excluding hydrogens is 418 g/mol. The quantitative estimate of drug-likeness (QED) is 0.436. The van der Waals surface area contributed by atoms with Crippen molar-refractivity contribution >= 4 is 33.7 Å². The molecule has 33 heavy (non-hydrogen) atoms. The second-order valence-electron chi connectivity index (χ2n) is 7.37. The molecule has 0 aliphatic rings. The summed E-state index contributed by atoms with van der Waals surface area (Å²) in [5, 5.41) is 17.4. The lowest BCUT2D eigenvalue weighted by Gasteiger charge is -2.10. The molecule has 160 valence electrons. The van der Waals surface area contributed by atoms with E-state index in [2.05, 4.69) is 25.4 Å². The third kappa shape index (κ3) is 3.93. The van der Waals surface area contributed by atoms with Crippen LogP contribution < -0.4 is 10.9 Å². The van der Waals surface area contributed by atoms with Crippen molar-refractivity contribution in [1.82, 2.24) is 24.7 Å². The average molecular weight is 435 g/mol. The Balaban J connectivity index is 1.38. The van der Waals surface area contributed by atoms with Gasteiger partial charge >= 0.3 is 0 Å². The first-order valence-corrected chi connectivity index (χ1v) is 10.2. The number of anilines is 1. The van der Waals surface area contributed by atoms with E-state index in [1.54, 1.807) is 18.2 Å². The lowest BCUT2D eigenvalue weighted by Crippen LogP contribution is -2.20. The maximum atomic E-state index is 12.7. The van der Waals surface area contributed by atoms with Gasteiger partial charge in [-0.05, 0) is 30.3 Å². The maximum Gasteiger partial charge on any atom is 0.270 e. The number of carbonyl (C=O) groups excluding carboxylic acids is 1. The van der Waals surface area contributed by atoms with Crippen LogP contribution in [0.4, 0.5) is 5.82 Å². The minimum Gasteiger partial charge on any atom is -0.319 e. The minimum atomic E-state index is -0.372. The van der Waals surface area contributed by atoms with Crippen LogP contribution in [0.15, 0.2) is 71.7 Å². The monoisotopic (exact) mass is 435 g/mol. The molecule has 0 atom stereocenters. The van der Waals surface area contributed by atoms with Crippen LogP contribution in [0.25, 0.3) is 27.8 Å². The van der Waals surface area contributed by atoms with E-state index in [1.165, 1.54) is 10.9 Å². The molecule has 2 N–H and O–H groups in total. The second-order valence-corrected chi connectivity index (χ2v) is 7.37. The van der Waals surface area contributed by atoms with Crippen LogP contribution in [-0.2, 0) is 11.2 Å². The van der Waals surface area contributed by atoms with Gasteiger partial charge in [-0.3, -0.25) is 9.59 Å². The third-order valence-electron chi connectivity index (χ3n) is 5.21. The smallest absolute Gasteiger partial charge is 0.270 e. The molecule has 5 rings (SSSR count). The summed E-state index contributed by atoms with van der Waals surface area (Å²) in [7, 11) is 0. The van der Waals surface area contributed by atoms with Crippen molar-refractivity contribution in [3.63, 3.8) is 0 Å². The van der Waals surface area contributed by atoms with Gasteiger partial charge in [0.05, 0.1) is 22.7 Å². The number of fused-ring (bicyclic) bond motifs is 2. The second kappa shape index (κ2) is 8.36. The van der Waals surface area contributed by atoms with Crippen molar-refractivity contribution in [2.45, 2.75) is 12.8 Å². The number of rotatable bonds is 5. The number of hydrogen-bond donors (Lipinski definition) is 2. The predicted octanol–water partition coefficient (Wildman–Crippen LogP) is 3.10. The maximum absolute atomic E-state index is 12.7. The molecule has 0 aliphatic heterocycles. The Morgan fingerprint density at radius 3 is 2.67 bits per heavy atom. The van der Waals surface area contributed by atoms with Gasteiger partial charge in [-0.1, -0.05) is 30.3 Å². The number of benzene rings is 2. The van der Waals surface area contributed by atoms with Crippen molar-refractivity contribution in [3.8, 4) is 11.9 Å². The highest BCUT2D eigenvalue weighted by atomic mass is 16.1. The van der Waals surface area contributed by atoms with Gasteiger partial charge in [0, 0.05) is 18.2 Å². The molecule has 0 saturated heterocycles. The highest BCUT2D eigenvalue weighted by Gasteiger charge is 2.17. The zero-order valence-corrected chi connectivity index (χ0v) is 17.3. The standard InChI is InChI=1S/C24H17N7O2/c25-13-16-14-26-31(21-11-9-15-5-1-2-6-17(15)28-21)23(16)30-22(32)12-10-20-24(33)29-19-8-4-3-7-18(19)27-20/h1-9,11,14H,10,12H2,(H,29,33)(H,30,32). The first-order valence-electron chi connectivity index (χ1n) is 10.2. The normalized spacial score (nSPS) is 10.9. The number of para-hydroxylation sites is 3. The summed E-state index contributed by atoms with van der Waals surface area (Å²) in [6, 6.07) is 20.5. The Hall–Kier alpha value is -4.84. The van der Waals surface area contributed by atoms with Crippen LogP contribution in [0.5, 0.6) is 0 Å². The van der Waals surface area contributed by atoms with Gasteiger partial charge in [0.2, 0.25) is 5.91 Å². The van der Waals surface area contributed by atoms with Gasteiger partial charge < -0.3 is 10.3 Å². The van der Waals surface area contributed by atoms with E-state index < -0.39 is 0 Å². The van der Waals surface area contributed by atoms with Crippen molar-refractivity contribution in [3.05, 3.63) is 88.5 Å².